The number of para-hydroxylation sites is 3. The summed E-state index contributed by atoms with van der Waals surface area (Å²) in [5.41, 5.74) is 7.26. The Morgan fingerprint density at radius 1 is 1.15 bits per heavy atom. The summed E-state index contributed by atoms with van der Waals surface area (Å²) in [7, 11) is 0. The number of ether oxygens (including phenoxy) is 1. The number of amides is 1. The highest BCUT2D eigenvalue weighted by Gasteiger charge is 2.13. The number of hydrogen-bond acceptors (Lipinski definition) is 6. The highest BCUT2D eigenvalue weighted by Crippen LogP contribution is 2.28. The molecule has 1 amide bonds. The van der Waals surface area contributed by atoms with E-state index in [1.165, 1.54) is 29.1 Å². The minimum absolute atomic E-state index is 0.0125. The molecule has 0 bridgehead atoms. The van der Waals surface area contributed by atoms with Crippen molar-refractivity contribution in [1.29, 1.82) is 0 Å². The molecular formula is C26H26N4O3S. The van der Waals surface area contributed by atoms with Crippen molar-refractivity contribution in [2.24, 2.45) is 5.10 Å². The smallest absolute Gasteiger partial charge is 0.250 e. The molecule has 4 aromatic rings. The molecule has 0 radical (unpaired) electrons. The lowest BCUT2D eigenvalue weighted by atomic mass is 10.1. The lowest BCUT2D eigenvalue weighted by Gasteiger charge is -2.09. The van der Waals surface area contributed by atoms with Crippen molar-refractivity contribution in [2.45, 2.75) is 25.5 Å². The highest BCUT2D eigenvalue weighted by molar-refractivity contribution is 7.99. The lowest BCUT2D eigenvalue weighted by molar-refractivity contribution is -0.118. The number of aromatic nitrogens is 2. The Bertz CT molecular complexity index is 1320. The van der Waals surface area contributed by atoms with Gasteiger partial charge in [0.05, 0.1) is 36.2 Å². The van der Waals surface area contributed by atoms with Crippen LogP contribution in [0.5, 0.6) is 11.5 Å². The predicted molar refractivity (Wildman–Crippen MR) is 136 cm³/mol. The van der Waals surface area contributed by atoms with Gasteiger partial charge in [-0.25, -0.2) is 10.4 Å². The topological polar surface area (TPSA) is 88.7 Å². The lowest BCUT2D eigenvalue weighted by Crippen LogP contribution is -2.20. The summed E-state index contributed by atoms with van der Waals surface area (Å²) in [6, 6.07) is 21.5. The van der Waals surface area contributed by atoms with Gasteiger partial charge >= 0.3 is 0 Å². The molecule has 0 saturated carbocycles. The van der Waals surface area contributed by atoms with Crippen molar-refractivity contribution in [1.82, 2.24) is 15.0 Å². The Balaban J connectivity index is 1.43. The zero-order chi connectivity index (χ0) is 23.9. The molecule has 34 heavy (non-hydrogen) atoms. The number of phenols is 1. The summed E-state index contributed by atoms with van der Waals surface area (Å²) in [5, 5.41) is 15.0. The Morgan fingerprint density at radius 2 is 1.94 bits per heavy atom. The number of carbonyl (C=O) groups excluding carboxylic acids is 1. The normalized spacial score (nSPS) is 11.2. The van der Waals surface area contributed by atoms with E-state index >= 15 is 0 Å². The van der Waals surface area contributed by atoms with Crippen LogP contribution in [0, 0.1) is 6.92 Å². The molecule has 1 heterocycles. The first kappa shape index (κ1) is 23.4. The van der Waals surface area contributed by atoms with Crippen LogP contribution in [0.3, 0.4) is 0 Å². The Morgan fingerprint density at radius 3 is 2.74 bits per heavy atom. The van der Waals surface area contributed by atoms with Gasteiger partial charge in [0.2, 0.25) is 0 Å². The molecule has 3 aromatic carbocycles. The number of carbonyl (C=O) groups is 1. The Hall–Kier alpha value is -3.78. The number of nitrogens with zero attached hydrogens (tertiary/aromatic N) is 3. The molecule has 0 spiro atoms. The fraction of sp³-hybridized carbons (Fsp3) is 0.192. The van der Waals surface area contributed by atoms with E-state index in [2.05, 4.69) is 46.3 Å². The molecular weight excluding hydrogens is 448 g/mol. The van der Waals surface area contributed by atoms with Crippen LogP contribution in [-0.2, 0) is 11.3 Å². The van der Waals surface area contributed by atoms with Gasteiger partial charge in [-0.05, 0) is 43.7 Å². The number of phenolic OH excluding ortho intramolecular Hbond substituents is 1. The highest BCUT2D eigenvalue weighted by atomic mass is 32.2. The number of hydrogen-bond donors (Lipinski definition) is 2. The van der Waals surface area contributed by atoms with E-state index in [4.69, 9.17) is 9.72 Å². The summed E-state index contributed by atoms with van der Waals surface area (Å²) < 4.78 is 7.49. The van der Waals surface area contributed by atoms with Crippen molar-refractivity contribution in [3.05, 3.63) is 83.4 Å². The standard InChI is InChI=1S/C26H26N4O3S/c1-3-33-23-10-6-7-20(25(23)32)15-27-29-24(31)17-34-26-28-21-8-4-5-9-22(21)30(26)16-19-13-11-18(2)12-14-19/h4-15,32H,3,16-17H2,1-2H3,(H,29,31)/b27-15+. The number of aromatic hydroxyl groups is 1. The molecule has 0 saturated heterocycles. The number of hydrazone groups is 1. The van der Waals surface area contributed by atoms with E-state index < -0.39 is 0 Å². The van der Waals surface area contributed by atoms with Crippen molar-refractivity contribution in [2.75, 3.05) is 12.4 Å². The fourth-order valence-corrected chi connectivity index (χ4v) is 4.25. The summed E-state index contributed by atoms with van der Waals surface area (Å²) in [5.74, 6) is 0.248. The van der Waals surface area contributed by atoms with Crippen LogP contribution in [0.4, 0.5) is 0 Å². The summed E-state index contributed by atoms with van der Waals surface area (Å²) in [6.07, 6.45) is 1.40. The minimum atomic E-state index is -0.268. The second-order valence-corrected chi connectivity index (χ2v) is 8.61. The fourth-order valence-electron chi connectivity index (χ4n) is 3.44. The molecule has 174 valence electrons. The zero-order valence-corrected chi connectivity index (χ0v) is 19.9. The number of aryl methyl sites for hydroxylation is 1. The molecule has 0 aliphatic carbocycles. The maximum atomic E-state index is 12.4. The second kappa shape index (κ2) is 10.9. The number of rotatable bonds is 9. The largest absolute Gasteiger partial charge is 0.504 e. The molecule has 4 rings (SSSR count). The molecule has 0 atom stereocenters. The van der Waals surface area contributed by atoms with Gasteiger partial charge in [0.25, 0.3) is 5.91 Å². The van der Waals surface area contributed by atoms with E-state index in [1.54, 1.807) is 18.2 Å². The van der Waals surface area contributed by atoms with Crippen LogP contribution in [0.25, 0.3) is 11.0 Å². The quantitative estimate of drug-likeness (QED) is 0.208. The van der Waals surface area contributed by atoms with E-state index in [-0.39, 0.29) is 17.4 Å². The van der Waals surface area contributed by atoms with E-state index in [9.17, 15) is 9.90 Å². The van der Waals surface area contributed by atoms with Crippen LogP contribution in [0.15, 0.2) is 77.0 Å². The Labute approximate surface area is 202 Å². The van der Waals surface area contributed by atoms with Gasteiger partial charge < -0.3 is 14.4 Å². The first-order chi connectivity index (χ1) is 16.5. The van der Waals surface area contributed by atoms with Gasteiger partial charge in [-0.3, -0.25) is 4.79 Å². The number of imidazole rings is 1. The number of fused-ring (bicyclic) bond motifs is 1. The Kier molecular flexibility index (Phi) is 7.49. The summed E-state index contributed by atoms with van der Waals surface area (Å²) >= 11 is 1.36. The molecule has 7 nitrogen and oxygen atoms in total. The van der Waals surface area contributed by atoms with Gasteiger partial charge in [0, 0.05) is 5.56 Å². The first-order valence-electron chi connectivity index (χ1n) is 11.0. The number of thioether (sulfide) groups is 1. The van der Waals surface area contributed by atoms with E-state index in [0.717, 1.165) is 16.2 Å². The third-order valence-corrected chi connectivity index (χ3v) is 6.11. The van der Waals surface area contributed by atoms with Crippen LogP contribution in [0.2, 0.25) is 0 Å². The van der Waals surface area contributed by atoms with E-state index in [0.29, 0.717) is 24.5 Å². The first-order valence-corrected chi connectivity index (χ1v) is 11.9. The van der Waals surface area contributed by atoms with Gasteiger partial charge in [-0.15, -0.1) is 0 Å². The monoisotopic (exact) mass is 474 g/mol. The summed E-state index contributed by atoms with van der Waals surface area (Å²) in [4.78, 5) is 17.1. The molecule has 0 unspecified atom stereocenters. The molecule has 0 aliphatic rings. The molecule has 0 fully saturated rings. The van der Waals surface area contributed by atoms with Gasteiger partial charge in [0.15, 0.2) is 16.7 Å². The predicted octanol–water partition coefficient (Wildman–Crippen LogP) is 4.74. The number of nitrogens with one attached hydrogen (secondary N) is 1. The van der Waals surface area contributed by atoms with Crippen molar-refractivity contribution >= 4 is 34.9 Å². The average Bonchev–Trinajstić information content (AvgIpc) is 3.19. The zero-order valence-electron chi connectivity index (χ0n) is 19.1. The van der Waals surface area contributed by atoms with Gasteiger partial charge in [-0.1, -0.05) is 59.8 Å². The third-order valence-electron chi connectivity index (χ3n) is 5.14. The summed E-state index contributed by atoms with van der Waals surface area (Å²) in [6.45, 7) is 5.01. The molecule has 0 aliphatic heterocycles. The maximum Gasteiger partial charge on any atom is 0.250 e. The van der Waals surface area contributed by atoms with Crippen LogP contribution in [0.1, 0.15) is 23.6 Å². The third kappa shape index (κ3) is 5.58. The van der Waals surface area contributed by atoms with Crippen molar-refractivity contribution in [3.63, 3.8) is 0 Å². The van der Waals surface area contributed by atoms with Crippen LogP contribution >= 0.6 is 11.8 Å². The molecule has 8 heteroatoms. The van der Waals surface area contributed by atoms with Crippen molar-refractivity contribution < 1.29 is 14.6 Å². The van der Waals surface area contributed by atoms with Gasteiger partial charge in [0.1, 0.15) is 0 Å². The minimum Gasteiger partial charge on any atom is -0.504 e. The second-order valence-electron chi connectivity index (χ2n) is 7.66. The van der Waals surface area contributed by atoms with Crippen LogP contribution < -0.4 is 10.2 Å². The maximum absolute atomic E-state index is 12.4. The molecule has 2 N–H and O–H groups in total. The average molecular weight is 475 g/mol. The number of benzene rings is 3. The SMILES string of the molecule is CCOc1cccc(/C=N/NC(=O)CSc2nc3ccccc3n2Cc2ccc(C)cc2)c1O. The van der Waals surface area contributed by atoms with Crippen LogP contribution in [-0.4, -0.2) is 39.1 Å². The van der Waals surface area contributed by atoms with Gasteiger partial charge in [-0.2, -0.15) is 5.10 Å². The van der Waals surface area contributed by atoms with Crippen molar-refractivity contribution in [3.8, 4) is 11.5 Å². The molecule has 1 aromatic heterocycles. The van der Waals surface area contributed by atoms with E-state index in [1.807, 2.05) is 31.2 Å².